The zero-order chi connectivity index (χ0) is 19.0. The molecule has 1 aliphatic carbocycles. The van der Waals surface area contributed by atoms with Crippen molar-refractivity contribution in [3.63, 3.8) is 0 Å². The molecule has 1 aromatic heterocycles. The van der Waals surface area contributed by atoms with Crippen molar-refractivity contribution in [2.24, 2.45) is 0 Å². The maximum atomic E-state index is 13.1. The number of pyridine rings is 1. The average Bonchev–Trinajstić information content (AvgIpc) is 3.03. The van der Waals surface area contributed by atoms with E-state index < -0.39 is 5.97 Å². The van der Waals surface area contributed by atoms with Crippen LogP contribution in [-0.4, -0.2) is 17.6 Å². The van der Waals surface area contributed by atoms with Crippen molar-refractivity contribution in [3.05, 3.63) is 81.6 Å². The molecule has 0 atom stereocenters. The summed E-state index contributed by atoms with van der Waals surface area (Å²) in [6.45, 7) is 1.68. The van der Waals surface area contributed by atoms with Crippen molar-refractivity contribution >= 4 is 5.97 Å². The number of fused-ring (bicyclic) bond motifs is 3. The number of methoxy groups -OCH3 is 1. The van der Waals surface area contributed by atoms with Crippen LogP contribution in [0.1, 0.15) is 23.6 Å². The van der Waals surface area contributed by atoms with Crippen molar-refractivity contribution < 1.29 is 14.3 Å². The highest BCUT2D eigenvalue weighted by molar-refractivity contribution is 5.75. The lowest BCUT2D eigenvalue weighted by Gasteiger charge is -2.15. The number of hydrogen-bond donors (Lipinski definition) is 0. The van der Waals surface area contributed by atoms with Crippen molar-refractivity contribution in [1.82, 2.24) is 4.57 Å². The number of esters is 1. The molecule has 1 heterocycles. The smallest absolute Gasteiger partial charge is 0.308 e. The summed E-state index contributed by atoms with van der Waals surface area (Å²) in [5.74, 6) is 0.330. The highest BCUT2D eigenvalue weighted by Crippen LogP contribution is 2.37. The standard InChI is InChI=1S/C22H19NO4/c1-14(24)27-20-12-17-11-16-5-3-4-6-19(16)21(17)23(22(20)25)13-15-7-9-18(26-2)10-8-15/h3-10,12H,11,13H2,1-2H3. The number of ether oxygens (including phenoxy) is 2. The quantitative estimate of drug-likeness (QED) is 0.523. The van der Waals surface area contributed by atoms with E-state index in [0.717, 1.165) is 33.7 Å². The van der Waals surface area contributed by atoms with Crippen LogP contribution in [0.25, 0.3) is 11.3 Å². The molecule has 136 valence electrons. The van der Waals surface area contributed by atoms with E-state index in [1.165, 1.54) is 6.92 Å². The average molecular weight is 361 g/mol. The van der Waals surface area contributed by atoms with Crippen LogP contribution in [-0.2, 0) is 17.8 Å². The maximum absolute atomic E-state index is 13.1. The van der Waals surface area contributed by atoms with E-state index in [1.807, 2.05) is 42.5 Å². The summed E-state index contributed by atoms with van der Waals surface area (Å²) in [7, 11) is 1.62. The predicted octanol–water partition coefficient (Wildman–Crippen LogP) is 3.40. The lowest BCUT2D eigenvalue weighted by atomic mass is 10.1. The van der Waals surface area contributed by atoms with Crippen LogP contribution in [0.3, 0.4) is 0 Å². The Bertz CT molecular complexity index is 1080. The largest absolute Gasteiger partial charge is 0.497 e. The molecule has 27 heavy (non-hydrogen) atoms. The van der Waals surface area contributed by atoms with Crippen molar-refractivity contribution in [3.8, 4) is 22.8 Å². The summed E-state index contributed by atoms with van der Waals surface area (Å²) in [4.78, 5) is 24.5. The van der Waals surface area contributed by atoms with Crippen LogP contribution in [0.2, 0.25) is 0 Å². The molecule has 0 amide bonds. The summed E-state index contributed by atoms with van der Waals surface area (Å²) in [6.07, 6.45) is 0.711. The lowest BCUT2D eigenvalue weighted by molar-refractivity contribution is -0.132. The topological polar surface area (TPSA) is 57.5 Å². The van der Waals surface area contributed by atoms with Crippen LogP contribution in [0.15, 0.2) is 59.4 Å². The molecule has 0 bridgehead atoms. The fourth-order valence-corrected chi connectivity index (χ4v) is 3.55. The molecule has 0 fully saturated rings. The van der Waals surface area contributed by atoms with Gasteiger partial charge in [-0.15, -0.1) is 0 Å². The monoisotopic (exact) mass is 361 g/mol. The molecular weight excluding hydrogens is 342 g/mol. The van der Waals surface area contributed by atoms with Gasteiger partial charge in [-0.05, 0) is 34.9 Å². The van der Waals surface area contributed by atoms with E-state index in [2.05, 4.69) is 6.07 Å². The Morgan fingerprint density at radius 3 is 2.52 bits per heavy atom. The fourth-order valence-electron chi connectivity index (χ4n) is 3.55. The third kappa shape index (κ3) is 3.12. The molecule has 4 rings (SSSR count). The molecule has 1 aliphatic rings. The molecule has 0 saturated heterocycles. The van der Waals surface area contributed by atoms with E-state index in [4.69, 9.17) is 9.47 Å². The first-order chi connectivity index (χ1) is 13.1. The normalized spacial score (nSPS) is 11.6. The first kappa shape index (κ1) is 17.1. The Kier molecular flexibility index (Phi) is 4.28. The maximum Gasteiger partial charge on any atom is 0.308 e. The van der Waals surface area contributed by atoms with Gasteiger partial charge in [-0.25, -0.2) is 0 Å². The molecule has 0 saturated carbocycles. The van der Waals surface area contributed by atoms with Gasteiger partial charge in [-0.2, -0.15) is 0 Å². The lowest BCUT2D eigenvalue weighted by Crippen LogP contribution is -2.25. The molecule has 5 nitrogen and oxygen atoms in total. The Morgan fingerprint density at radius 2 is 1.81 bits per heavy atom. The highest BCUT2D eigenvalue weighted by Gasteiger charge is 2.25. The zero-order valence-electron chi connectivity index (χ0n) is 15.2. The van der Waals surface area contributed by atoms with Gasteiger partial charge in [0.2, 0.25) is 0 Å². The Morgan fingerprint density at radius 1 is 1.07 bits per heavy atom. The van der Waals surface area contributed by atoms with Gasteiger partial charge in [0.25, 0.3) is 5.56 Å². The van der Waals surface area contributed by atoms with Gasteiger partial charge in [0.1, 0.15) is 5.75 Å². The molecule has 0 unspecified atom stereocenters. The summed E-state index contributed by atoms with van der Waals surface area (Å²) in [6, 6.07) is 17.3. The van der Waals surface area contributed by atoms with Crippen LogP contribution < -0.4 is 15.0 Å². The molecule has 0 N–H and O–H groups in total. The summed E-state index contributed by atoms with van der Waals surface area (Å²) in [5.41, 5.74) is 4.74. The van der Waals surface area contributed by atoms with Crippen molar-refractivity contribution in [2.75, 3.05) is 7.11 Å². The van der Waals surface area contributed by atoms with Crippen molar-refractivity contribution in [1.29, 1.82) is 0 Å². The third-order valence-electron chi connectivity index (χ3n) is 4.74. The Balaban J connectivity index is 1.86. The number of hydrogen-bond acceptors (Lipinski definition) is 4. The van der Waals surface area contributed by atoms with Crippen molar-refractivity contribution in [2.45, 2.75) is 19.9 Å². The molecule has 2 aromatic carbocycles. The van der Waals surface area contributed by atoms with E-state index in [1.54, 1.807) is 17.7 Å². The molecule has 5 heteroatoms. The summed E-state index contributed by atoms with van der Waals surface area (Å²) >= 11 is 0. The molecule has 3 aromatic rings. The first-order valence-electron chi connectivity index (χ1n) is 8.73. The molecule has 0 radical (unpaired) electrons. The van der Waals surface area contributed by atoms with E-state index in [9.17, 15) is 9.59 Å². The van der Waals surface area contributed by atoms with E-state index >= 15 is 0 Å². The van der Waals surface area contributed by atoms with Crippen LogP contribution in [0.5, 0.6) is 11.5 Å². The fraction of sp³-hybridized carbons (Fsp3) is 0.182. The van der Waals surface area contributed by atoms with Gasteiger partial charge in [0.05, 0.1) is 19.3 Å². The molecular formula is C22H19NO4. The number of benzene rings is 2. The number of aromatic nitrogens is 1. The number of rotatable bonds is 4. The Hall–Kier alpha value is -3.34. The first-order valence-corrected chi connectivity index (χ1v) is 8.73. The van der Waals surface area contributed by atoms with E-state index in [0.29, 0.717) is 13.0 Å². The SMILES string of the molecule is COc1ccc(Cn2c3c(cc(OC(C)=O)c2=O)Cc2ccccc2-3)cc1. The third-order valence-corrected chi connectivity index (χ3v) is 4.74. The minimum absolute atomic E-state index is 0.0718. The second kappa shape index (κ2) is 6.76. The summed E-state index contributed by atoms with van der Waals surface area (Å²) < 4.78 is 12.1. The highest BCUT2D eigenvalue weighted by atomic mass is 16.5. The second-order valence-electron chi connectivity index (χ2n) is 6.55. The minimum atomic E-state index is -0.501. The molecule has 0 aliphatic heterocycles. The Labute approximate surface area is 156 Å². The van der Waals surface area contributed by atoms with Crippen LogP contribution in [0, 0.1) is 0 Å². The minimum Gasteiger partial charge on any atom is -0.497 e. The van der Waals surface area contributed by atoms with Gasteiger partial charge in [-0.3, -0.25) is 9.59 Å². The number of carbonyl (C=O) groups is 1. The van der Waals surface area contributed by atoms with Crippen LogP contribution in [0.4, 0.5) is 0 Å². The van der Waals surface area contributed by atoms with Crippen LogP contribution >= 0.6 is 0 Å². The van der Waals surface area contributed by atoms with Gasteiger partial charge in [0.15, 0.2) is 5.75 Å². The molecule has 0 spiro atoms. The predicted molar refractivity (Wildman–Crippen MR) is 102 cm³/mol. The van der Waals surface area contributed by atoms with Gasteiger partial charge in [-0.1, -0.05) is 36.4 Å². The van der Waals surface area contributed by atoms with E-state index in [-0.39, 0.29) is 11.3 Å². The van der Waals surface area contributed by atoms with Gasteiger partial charge in [0, 0.05) is 18.9 Å². The zero-order valence-corrected chi connectivity index (χ0v) is 15.2. The van der Waals surface area contributed by atoms with Gasteiger partial charge < -0.3 is 14.0 Å². The number of nitrogens with zero attached hydrogens (tertiary/aromatic N) is 1. The number of carbonyl (C=O) groups excluding carboxylic acids is 1. The summed E-state index contributed by atoms with van der Waals surface area (Å²) in [5, 5.41) is 0. The second-order valence-corrected chi connectivity index (χ2v) is 6.55. The van der Waals surface area contributed by atoms with Gasteiger partial charge >= 0.3 is 5.97 Å².